The Hall–Kier alpha value is -1.95. The molecule has 2 aromatic heterocycles. The smallest absolute Gasteiger partial charge is 0.129 e. The second-order valence-electron chi connectivity index (χ2n) is 3.22. The molecular formula is C9H11N5O. The Balaban J connectivity index is 2.46. The van der Waals surface area contributed by atoms with Crippen molar-refractivity contribution in [3.8, 4) is 0 Å². The summed E-state index contributed by atoms with van der Waals surface area (Å²) in [6.07, 6.45) is 2.16. The van der Waals surface area contributed by atoms with Gasteiger partial charge in [-0.25, -0.2) is 4.98 Å². The van der Waals surface area contributed by atoms with Crippen LogP contribution in [0.4, 0.5) is 5.82 Å². The van der Waals surface area contributed by atoms with Crippen molar-refractivity contribution in [1.29, 1.82) is 0 Å². The molecule has 1 unspecified atom stereocenters. The van der Waals surface area contributed by atoms with Crippen LogP contribution in [0.2, 0.25) is 0 Å². The number of nitrogens with two attached hydrogens (primary N) is 1. The minimum absolute atomic E-state index is 0.311. The number of hydrogen-bond donors (Lipinski definition) is 3. The summed E-state index contributed by atoms with van der Waals surface area (Å²) in [4.78, 5) is 3.93. The van der Waals surface area contributed by atoms with Crippen molar-refractivity contribution >= 4 is 5.82 Å². The summed E-state index contributed by atoms with van der Waals surface area (Å²) in [7, 11) is 0. The molecule has 0 fully saturated rings. The molecule has 6 nitrogen and oxygen atoms in total. The Morgan fingerprint density at radius 2 is 2.33 bits per heavy atom. The van der Waals surface area contributed by atoms with Crippen LogP contribution in [-0.2, 0) is 0 Å². The van der Waals surface area contributed by atoms with E-state index < -0.39 is 6.10 Å². The van der Waals surface area contributed by atoms with Gasteiger partial charge in [-0.05, 0) is 18.6 Å². The minimum Gasteiger partial charge on any atom is -0.383 e. The third-order valence-electron chi connectivity index (χ3n) is 2.23. The summed E-state index contributed by atoms with van der Waals surface area (Å²) in [6, 6.07) is 1.79. The highest BCUT2D eigenvalue weighted by Crippen LogP contribution is 2.26. The third kappa shape index (κ3) is 1.66. The molecule has 15 heavy (non-hydrogen) atoms. The summed E-state index contributed by atoms with van der Waals surface area (Å²) in [5.74, 6) is 0.311. The van der Waals surface area contributed by atoms with Gasteiger partial charge in [-0.2, -0.15) is 15.4 Å². The van der Waals surface area contributed by atoms with E-state index >= 15 is 0 Å². The van der Waals surface area contributed by atoms with Crippen molar-refractivity contribution in [1.82, 2.24) is 20.4 Å². The lowest BCUT2D eigenvalue weighted by atomic mass is 10.0. The number of anilines is 1. The van der Waals surface area contributed by atoms with Gasteiger partial charge in [-0.15, -0.1) is 0 Å². The molecule has 78 valence electrons. The molecule has 0 aliphatic carbocycles. The number of aliphatic hydroxyl groups is 1. The molecule has 2 rings (SSSR count). The zero-order valence-corrected chi connectivity index (χ0v) is 8.18. The lowest BCUT2D eigenvalue weighted by Crippen LogP contribution is -2.08. The molecule has 0 aromatic carbocycles. The van der Waals surface area contributed by atoms with E-state index in [1.54, 1.807) is 12.3 Å². The zero-order valence-electron chi connectivity index (χ0n) is 8.18. The first-order chi connectivity index (χ1) is 7.20. The Bertz CT molecular complexity index is 433. The van der Waals surface area contributed by atoms with Gasteiger partial charge in [-0.1, -0.05) is 0 Å². The molecule has 0 saturated heterocycles. The van der Waals surface area contributed by atoms with Crippen molar-refractivity contribution < 1.29 is 5.11 Å². The van der Waals surface area contributed by atoms with Crippen LogP contribution in [0.3, 0.4) is 0 Å². The van der Waals surface area contributed by atoms with Gasteiger partial charge >= 0.3 is 0 Å². The predicted molar refractivity (Wildman–Crippen MR) is 53.8 cm³/mol. The number of nitrogens with one attached hydrogen (secondary N) is 1. The number of aryl methyl sites for hydroxylation is 1. The van der Waals surface area contributed by atoms with Crippen LogP contribution in [0.5, 0.6) is 0 Å². The van der Waals surface area contributed by atoms with Crippen molar-refractivity contribution in [3.05, 3.63) is 35.3 Å². The summed E-state index contributed by atoms with van der Waals surface area (Å²) < 4.78 is 0. The van der Waals surface area contributed by atoms with E-state index in [-0.39, 0.29) is 0 Å². The van der Waals surface area contributed by atoms with Crippen LogP contribution in [0.15, 0.2) is 18.5 Å². The maximum Gasteiger partial charge on any atom is 0.129 e. The largest absolute Gasteiger partial charge is 0.383 e. The number of hydrogen-bond acceptors (Lipinski definition) is 5. The van der Waals surface area contributed by atoms with E-state index in [0.29, 0.717) is 17.1 Å². The normalized spacial score (nSPS) is 12.7. The van der Waals surface area contributed by atoms with E-state index in [1.165, 1.54) is 6.20 Å². The average Bonchev–Trinajstić information content (AvgIpc) is 2.69. The van der Waals surface area contributed by atoms with E-state index in [4.69, 9.17) is 5.73 Å². The molecular weight excluding hydrogens is 194 g/mol. The second kappa shape index (κ2) is 3.66. The maximum absolute atomic E-state index is 10.00. The Morgan fingerprint density at radius 1 is 1.53 bits per heavy atom. The van der Waals surface area contributed by atoms with Crippen LogP contribution in [0.1, 0.15) is 22.9 Å². The van der Waals surface area contributed by atoms with Gasteiger partial charge in [0.1, 0.15) is 17.6 Å². The summed E-state index contributed by atoms with van der Waals surface area (Å²) >= 11 is 0. The van der Waals surface area contributed by atoms with E-state index in [2.05, 4.69) is 20.4 Å². The quantitative estimate of drug-likeness (QED) is 0.648. The lowest BCUT2D eigenvalue weighted by Gasteiger charge is -2.12. The highest BCUT2D eigenvalue weighted by molar-refractivity contribution is 5.47. The van der Waals surface area contributed by atoms with Crippen molar-refractivity contribution in [2.24, 2.45) is 0 Å². The van der Waals surface area contributed by atoms with Crippen molar-refractivity contribution in [2.75, 3.05) is 5.73 Å². The van der Waals surface area contributed by atoms with Crippen LogP contribution < -0.4 is 5.73 Å². The zero-order chi connectivity index (χ0) is 10.8. The fraction of sp³-hybridized carbons (Fsp3) is 0.222. The molecule has 2 aromatic rings. The van der Waals surface area contributed by atoms with Gasteiger partial charge in [0.2, 0.25) is 0 Å². The molecule has 0 radical (unpaired) electrons. The van der Waals surface area contributed by atoms with Crippen molar-refractivity contribution in [2.45, 2.75) is 13.0 Å². The predicted octanol–water partition coefficient (Wildman–Crippen LogP) is 0.172. The second-order valence-corrected chi connectivity index (χ2v) is 3.22. The molecule has 0 aliphatic heterocycles. The maximum atomic E-state index is 10.00. The third-order valence-corrected chi connectivity index (χ3v) is 2.23. The van der Waals surface area contributed by atoms with Gasteiger partial charge in [0.25, 0.3) is 0 Å². The lowest BCUT2D eigenvalue weighted by molar-refractivity contribution is 0.215. The molecule has 4 N–H and O–H groups in total. The SMILES string of the molecule is Cc1ccnc(N)c1C(O)c1cn[nH]n1. The number of aromatic amines is 1. The standard InChI is InChI=1S/C9H11N5O/c1-5-2-3-11-9(10)7(5)8(15)6-4-12-14-13-6/h2-4,8,15H,1H3,(H2,10,11)(H,12,13,14). The van der Waals surface area contributed by atoms with Gasteiger partial charge in [-0.3, -0.25) is 0 Å². The van der Waals surface area contributed by atoms with E-state index in [9.17, 15) is 5.11 Å². The minimum atomic E-state index is -0.891. The molecule has 0 aliphatic rings. The number of aliphatic hydroxyl groups excluding tert-OH is 1. The highest BCUT2D eigenvalue weighted by atomic mass is 16.3. The van der Waals surface area contributed by atoms with Crippen LogP contribution in [-0.4, -0.2) is 25.5 Å². The molecule has 2 heterocycles. The summed E-state index contributed by atoms with van der Waals surface area (Å²) in [6.45, 7) is 1.86. The number of nitrogens with zero attached hydrogens (tertiary/aromatic N) is 3. The fourth-order valence-corrected chi connectivity index (χ4v) is 1.44. The van der Waals surface area contributed by atoms with Gasteiger partial charge in [0.15, 0.2) is 0 Å². The first-order valence-corrected chi connectivity index (χ1v) is 4.45. The highest BCUT2D eigenvalue weighted by Gasteiger charge is 2.18. The number of aromatic nitrogens is 4. The van der Waals surface area contributed by atoms with Crippen LogP contribution >= 0.6 is 0 Å². The van der Waals surface area contributed by atoms with Crippen LogP contribution in [0.25, 0.3) is 0 Å². The molecule has 0 amide bonds. The van der Waals surface area contributed by atoms with Gasteiger partial charge < -0.3 is 10.8 Å². The average molecular weight is 205 g/mol. The Kier molecular flexibility index (Phi) is 2.34. The Labute approximate surface area is 86.2 Å². The summed E-state index contributed by atoms with van der Waals surface area (Å²) in [5, 5.41) is 19.9. The number of rotatable bonds is 2. The number of nitrogen functional groups attached to an aromatic ring is 1. The molecule has 1 atom stereocenters. The van der Waals surface area contributed by atoms with Gasteiger partial charge in [0, 0.05) is 11.8 Å². The monoisotopic (exact) mass is 205 g/mol. The van der Waals surface area contributed by atoms with E-state index in [0.717, 1.165) is 5.56 Å². The molecule has 6 heteroatoms. The van der Waals surface area contributed by atoms with E-state index in [1.807, 2.05) is 6.92 Å². The molecule has 0 bridgehead atoms. The van der Waals surface area contributed by atoms with Crippen LogP contribution in [0, 0.1) is 6.92 Å². The van der Waals surface area contributed by atoms with Crippen molar-refractivity contribution in [3.63, 3.8) is 0 Å². The molecule has 0 spiro atoms. The first kappa shape index (κ1) is 9.60. The summed E-state index contributed by atoms with van der Waals surface area (Å²) in [5.41, 5.74) is 7.58. The fourth-order valence-electron chi connectivity index (χ4n) is 1.44. The topological polar surface area (TPSA) is 101 Å². The number of H-pyrrole nitrogens is 1. The Morgan fingerprint density at radius 3 is 2.93 bits per heavy atom. The number of pyridine rings is 1. The molecule has 0 saturated carbocycles. The van der Waals surface area contributed by atoms with Gasteiger partial charge in [0.05, 0.1) is 6.20 Å². The first-order valence-electron chi connectivity index (χ1n) is 4.45.